The summed E-state index contributed by atoms with van der Waals surface area (Å²) in [5, 5.41) is 10.4. The molecule has 0 atom stereocenters. The summed E-state index contributed by atoms with van der Waals surface area (Å²) in [7, 11) is 0. The first-order chi connectivity index (χ1) is 9.79. The molecule has 0 aliphatic carbocycles. The molecule has 0 aliphatic heterocycles. The Labute approximate surface area is 121 Å². The van der Waals surface area contributed by atoms with Crippen LogP contribution in [0.1, 0.15) is 19.8 Å². The zero-order chi connectivity index (χ0) is 14.2. The van der Waals surface area contributed by atoms with Gasteiger partial charge < -0.3 is 5.32 Å². The molecule has 1 amide bonds. The van der Waals surface area contributed by atoms with Crippen LogP contribution in [-0.4, -0.2) is 38.4 Å². The SMILES string of the molecule is CCCCNC(=O)CSc1n[nH]c(-c2ccncc2)n1. The van der Waals surface area contributed by atoms with Gasteiger partial charge in [0, 0.05) is 24.5 Å². The van der Waals surface area contributed by atoms with Crippen LogP contribution >= 0.6 is 11.8 Å². The fraction of sp³-hybridized carbons (Fsp3) is 0.385. The number of nitrogens with zero attached hydrogens (tertiary/aromatic N) is 3. The highest BCUT2D eigenvalue weighted by atomic mass is 32.2. The number of carbonyl (C=O) groups excluding carboxylic acids is 1. The minimum atomic E-state index is 0.0127. The molecule has 0 bridgehead atoms. The van der Waals surface area contributed by atoms with Crippen molar-refractivity contribution in [2.45, 2.75) is 24.9 Å². The van der Waals surface area contributed by atoms with E-state index < -0.39 is 0 Å². The predicted molar refractivity (Wildman–Crippen MR) is 78.3 cm³/mol. The first-order valence-corrected chi connectivity index (χ1v) is 7.50. The van der Waals surface area contributed by atoms with Gasteiger partial charge in [-0.05, 0) is 18.6 Å². The van der Waals surface area contributed by atoms with E-state index >= 15 is 0 Å². The molecule has 2 rings (SSSR count). The van der Waals surface area contributed by atoms with Gasteiger partial charge in [0.2, 0.25) is 11.1 Å². The monoisotopic (exact) mass is 291 g/mol. The molecule has 0 spiro atoms. The molecule has 2 heterocycles. The van der Waals surface area contributed by atoms with Crippen LogP contribution in [0.4, 0.5) is 0 Å². The molecule has 20 heavy (non-hydrogen) atoms. The van der Waals surface area contributed by atoms with Gasteiger partial charge in [-0.25, -0.2) is 4.98 Å². The van der Waals surface area contributed by atoms with Crippen LogP contribution in [0.3, 0.4) is 0 Å². The number of hydrogen-bond donors (Lipinski definition) is 2. The predicted octanol–water partition coefficient (Wildman–Crippen LogP) is 1.88. The normalized spacial score (nSPS) is 10.4. The van der Waals surface area contributed by atoms with E-state index in [4.69, 9.17) is 0 Å². The molecule has 0 unspecified atom stereocenters. The summed E-state index contributed by atoms with van der Waals surface area (Å²) >= 11 is 1.32. The molecule has 2 aromatic heterocycles. The molecule has 0 saturated carbocycles. The highest BCUT2D eigenvalue weighted by molar-refractivity contribution is 7.99. The number of pyridine rings is 1. The number of nitrogens with one attached hydrogen (secondary N) is 2. The van der Waals surface area contributed by atoms with E-state index in [0.717, 1.165) is 24.9 Å². The number of rotatable bonds is 7. The number of unbranched alkanes of at least 4 members (excludes halogenated alkanes) is 1. The van der Waals surface area contributed by atoms with Crippen LogP contribution < -0.4 is 5.32 Å². The van der Waals surface area contributed by atoms with Crippen molar-refractivity contribution in [3.8, 4) is 11.4 Å². The van der Waals surface area contributed by atoms with Crippen molar-refractivity contribution in [1.29, 1.82) is 0 Å². The number of carbonyl (C=O) groups is 1. The van der Waals surface area contributed by atoms with Gasteiger partial charge >= 0.3 is 0 Å². The van der Waals surface area contributed by atoms with E-state index in [9.17, 15) is 4.79 Å². The smallest absolute Gasteiger partial charge is 0.230 e. The largest absolute Gasteiger partial charge is 0.355 e. The zero-order valence-corrected chi connectivity index (χ0v) is 12.1. The second-order valence-electron chi connectivity index (χ2n) is 4.19. The van der Waals surface area contributed by atoms with Crippen molar-refractivity contribution in [1.82, 2.24) is 25.5 Å². The van der Waals surface area contributed by atoms with Crippen LogP contribution in [0.2, 0.25) is 0 Å². The summed E-state index contributed by atoms with van der Waals surface area (Å²) in [6.07, 6.45) is 5.48. The third kappa shape index (κ3) is 4.34. The molecule has 106 valence electrons. The first kappa shape index (κ1) is 14.5. The number of amides is 1. The summed E-state index contributed by atoms with van der Waals surface area (Å²) < 4.78 is 0. The molecule has 7 heteroatoms. The van der Waals surface area contributed by atoms with Gasteiger partial charge in [0.1, 0.15) is 0 Å². The highest BCUT2D eigenvalue weighted by Crippen LogP contribution is 2.17. The zero-order valence-electron chi connectivity index (χ0n) is 11.3. The van der Waals surface area contributed by atoms with Gasteiger partial charge in [-0.1, -0.05) is 25.1 Å². The molecule has 0 aliphatic rings. The number of thioether (sulfide) groups is 1. The Balaban J connectivity index is 1.83. The third-order valence-corrected chi connectivity index (χ3v) is 3.45. The number of hydrogen-bond acceptors (Lipinski definition) is 5. The summed E-state index contributed by atoms with van der Waals surface area (Å²) in [5.41, 5.74) is 0.923. The minimum absolute atomic E-state index is 0.0127. The van der Waals surface area contributed by atoms with Gasteiger partial charge in [0.15, 0.2) is 5.82 Å². The fourth-order valence-electron chi connectivity index (χ4n) is 1.54. The van der Waals surface area contributed by atoms with Gasteiger partial charge in [0.05, 0.1) is 5.75 Å². The third-order valence-electron chi connectivity index (χ3n) is 2.60. The van der Waals surface area contributed by atoms with Gasteiger partial charge in [-0.3, -0.25) is 14.9 Å². The lowest BCUT2D eigenvalue weighted by atomic mass is 10.3. The summed E-state index contributed by atoms with van der Waals surface area (Å²) in [6.45, 7) is 2.82. The van der Waals surface area contributed by atoms with Crippen molar-refractivity contribution < 1.29 is 4.79 Å². The van der Waals surface area contributed by atoms with E-state index in [1.807, 2.05) is 12.1 Å². The van der Waals surface area contributed by atoms with E-state index in [2.05, 4.69) is 32.4 Å². The Hall–Kier alpha value is -1.89. The Morgan fingerprint density at radius 3 is 2.95 bits per heavy atom. The van der Waals surface area contributed by atoms with Crippen LogP contribution in [-0.2, 0) is 4.79 Å². The minimum Gasteiger partial charge on any atom is -0.355 e. The number of aromatic nitrogens is 4. The second-order valence-corrected chi connectivity index (χ2v) is 5.14. The maximum atomic E-state index is 11.6. The van der Waals surface area contributed by atoms with Crippen molar-refractivity contribution in [2.75, 3.05) is 12.3 Å². The van der Waals surface area contributed by atoms with Gasteiger partial charge in [0.25, 0.3) is 0 Å². The van der Waals surface area contributed by atoms with Crippen molar-refractivity contribution in [3.63, 3.8) is 0 Å². The number of H-pyrrole nitrogens is 1. The maximum absolute atomic E-state index is 11.6. The topological polar surface area (TPSA) is 83.6 Å². The molecule has 0 fully saturated rings. The van der Waals surface area contributed by atoms with Crippen LogP contribution in [0.5, 0.6) is 0 Å². The van der Waals surface area contributed by atoms with Crippen LogP contribution in [0.15, 0.2) is 29.7 Å². The fourth-order valence-corrected chi connectivity index (χ4v) is 2.16. The van der Waals surface area contributed by atoms with Crippen molar-refractivity contribution in [2.24, 2.45) is 0 Å². The van der Waals surface area contributed by atoms with E-state index in [1.165, 1.54) is 11.8 Å². The first-order valence-electron chi connectivity index (χ1n) is 6.52. The Kier molecular flexibility index (Phi) is 5.55. The average Bonchev–Trinajstić information content (AvgIpc) is 2.95. The number of aromatic amines is 1. The molecule has 2 aromatic rings. The lowest BCUT2D eigenvalue weighted by Crippen LogP contribution is -2.26. The summed E-state index contributed by atoms with van der Waals surface area (Å²) in [5.74, 6) is 1.03. The molecule has 0 radical (unpaired) electrons. The molecular formula is C13H17N5OS. The molecular weight excluding hydrogens is 274 g/mol. The maximum Gasteiger partial charge on any atom is 0.230 e. The highest BCUT2D eigenvalue weighted by Gasteiger charge is 2.08. The molecule has 6 nitrogen and oxygen atoms in total. The standard InChI is InChI=1S/C13H17N5OS/c1-2-3-6-15-11(19)9-20-13-16-12(17-18-13)10-4-7-14-8-5-10/h4-5,7-8H,2-3,6,9H2,1H3,(H,15,19)(H,16,17,18). The van der Waals surface area contributed by atoms with Gasteiger partial charge in [-0.2, -0.15) is 0 Å². The van der Waals surface area contributed by atoms with Gasteiger partial charge in [-0.15, -0.1) is 5.10 Å². The van der Waals surface area contributed by atoms with Crippen LogP contribution in [0, 0.1) is 0 Å². The Morgan fingerprint density at radius 2 is 2.20 bits per heavy atom. The molecule has 0 aromatic carbocycles. The van der Waals surface area contributed by atoms with E-state index in [1.54, 1.807) is 12.4 Å². The summed E-state index contributed by atoms with van der Waals surface area (Å²) in [6, 6.07) is 3.71. The summed E-state index contributed by atoms with van der Waals surface area (Å²) in [4.78, 5) is 19.9. The van der Waals surface area contributed by atoms with Crippen molar-refractivity contribution >= 4 is 17.7 Å². The Bertz CT molecular complexity index is 543. The Morgan fingerprint density at radius 1 is 1.40 bits per heavy atom. The lowest BCUT2D eigenvalue weighted by molar-refractivity contribution is -0.118. The quantitative estimate of drug-likeness (QED) is 0.601. The average molecular weight is 291 g/mol. The van der Waals surface area contributed by atoms with E-state index in [-0.39, 0.29) is 5.91 Å². The van der Waals surface area contributed by atoms with Crippen molar-refractivity contribution in [3.05, 3.63) is 24.5 Å². The molecule has 0 saturated heterocycles. The van der Waals surface area contributed by atoms with Crippen LogP contribution in [0.25, 0.3) is 11.4 Å². The van der Waals surface area contributed by atoms with E-state index in [0.29, 0.717) is 16.7 Å². The lowest BCUT2D eigenvalue weighted by Gasteiger charge is -2.01. The molecule has 2 N–H and O–H groups in total. The second kappa shape index (κ2) is 7.64.